The van der Waals surface area contributed by atoms with Gasteiger partial charge in [-0.15, -0.1) is 0 Å². The van der Waals surface area contributed by atoms with Crippen LogP contribution in [0.2, 0.25) is 0 Å². The third kappa shape index (κ3) is 5.16. The van der Waals surface area contributed by atoms with E-state index in [1.165, 1.54) is 29.6 Å². The van der Waals surface area contributed by atoms with Gasteiger partial charge < -0.3 is 10.2 Å². The zero-order chi connectivity index (χ0) is 23.3. The molecule has 1 aliphatic carbocycles. The highest BCUT2D eigenvalue weighted by molar-refractivity contribution is 5.99. The molecule has 34 heavy (non-hydrogen) atoms. The van der Waals surface area contributed by atoms with Crippen LogP contribution in [-0.2, 0) is 0 Å². The molecule has 1 fully saturated rings. The number of rotatable bonds is 8. The number of hydrogen-bond acceptors (Lipinski definition) is 3. The predicted octanol–water partition coefficient (Wildman–Crippen LogP) is 6.38. The lowest BCUT2D eigenvalue weighted by atomic mass is 9.86. The second kappa shape index (κ2) is 10.4. The van der Waals surface area contributed by atoms with Gasteiger partial charge in [0.15, 0.2) is 0 Å². The van der Waals surface area contributed by atoms with Crippen molar-refractivity contribution in [1.29, 1.82) is 0 Å². The minimum atomic E-state index is 0.147. The van der Waals surface area contributed by atoms with Crippen LogP contribution in [0.15, 0.2) is 84.9 Å². The smallest absolute Gasteiger partial charge is 0.116 e. The number of aliphatic hydroxyl groups is 1. The first-order valence-corrected chi connectivity index (χ1v) is 12.5. The van der Waals surface area contributed by atoms with E-state index >= 15 is 0 Å². The molecule has 174 valence electrons. The minimum absolute atomic E-state index is 0.147. The number of allylic oxidation sites excluding steroid dienone is 1. The molecule has 1 heterocycles. The monoisotopic (exact) mass is 451 g/mol. The van der Waals surface area contributed by atoms with Crippen molar-refractivity contribution in [2.75, 3.05) is 19.7 Å². The summed E-state index contributed by atoms with van der Waals surface area (Å²) >= 11 is 0. The summed E-state index contributed by atoms with van der Waals surface area (Å²) in [6, 6.07) is 27.6. The van der Waals surface area contributed by atoms with E-state index in [2.05, 4.69) is 65.6 Å². The average Bonchev–Trinajstić information content (AvgIpc) is 3.73. The van der Waals surface area contributed by atoms with E-state index in [1.54, 1.807) is 6.07 Å². The van der Waals surface area contributed by atoms with Gasteiger partial charge in [-0.25, -0.2) is 0 Å². The number of phenolic OH excluding ortho intramolecular Hbond substituents is 1. The fraction of sp³-hybridized carbons (Fsp3) is 0.290. The van der Waals surface area contributed by atoms with Gasteiger partial charge in [-0.05, 0) is 83.2 Å². The lowest BCUT2D eigenvalue weighted by Gasteiger charge is -2.26. The van der Waals surface area contributed by atoms with Crippen LogP contribution in [0.25, 0.3) is 16.7 Å². The third-order valence-corrected chi connectivity index (χ3v) is 6.99. The average molecular weight is 452 g/mol. The molecule has 0 atom stereocenters. The second-order valence-electron chi connectivity index (χ2n) is 9.38. The molecule has 1 aliphatic heterocycles. The fourth-order valence-corrected chi connectivity index (χ4v) is 5.05. The van der Waals surface area contributed by atoms with E-state index < -0.39 is 0 Å². The number of hydrogen-bond donors (Lipinski definition) is 2. The van der Waals surface area contributed by atoms with Gasteiger partial charge in [-0.2, -0.15) is 0 Å². The molecule has 3 aromatic rings. The maximum Gasteiger partial charge on any atom is 0.116 e. The standard InChI is InChI=1S/C31H33NO2/c33-21-5-10-30(25-6-2-1-3-7-25)31(27-8-4-9-29(34)22-27)26-13-11-23(12-14-26)24-17-19-32(20-18-24)28-15-16-28/h1-4,6-9,11-14,17,22,28,33-34H,5,10,15-16,18-21H2/b31-30+. The Balaban J connectivity index is 1.54. The van der Waals surface area contributed by atoms with Crippen LogP contribution in [0.1, 0.15) is 54.4 Å². The number of benzene rings is 3. The van der Waals surface area contributed by atoms with Crippen molar-refractivity contribution >= 4 is 16.7 Å². The first-order chi connectivity index (χ1) is 16.7. The summed E-state index contributed by atoms with van der Waals surface area (Å²) < 4.78 is 0. The maximum absolute atomic E-state index is 10.2. The Hall–Kier alpha value is -3.14. The summed E-state index contributed by atoms with van der Waals surface area (Å²) in [4.78, 5) is 2.61. The van der Waals surface area contributed by atoms with Crippen LogP contribution in [0.4, 0.5) is 0 Å². The van der Waals surface area contributed by atoms with E-state index in [9.17, 15) is 10.2 Å². The van der Waals surface area contributed by atoms with Gasteiger partial charge in [0.25, 0.3) is 0 Å². The lowest BCUT2D eigenvalue weighted by Crippen LogP contribution is -2.30. The van der Waals surface area contributed by atoms with E-state index in [1.807, 2.05) is 18.2 Å². The molecule has 0 saturated heterocycles. The van der Waals surface area contributed by atoms with Crippen molar-refractivity contribution in [2.45, 2.75) is 38.1 Å². The SMILES string of the molecule is OCCC/C(=C(/c1ccc(C2=CCN(C3CC3)CC2)cc1)c1cccc(O)c1)c1ccccc1. The molecule has 0 amide bonds. The number of aromatic hydroxyl groups is 1. The number of aliphatic hydroxyl groups excluding tert-OH is 1. The van der Waals surface area contributed by atoms with Crippen LogP contribution in [-0.4, -0.2) is 40.9 Å². The van der Waals surface area contributed by atoms with Gasteiger partial charge >= 0.3 is 0 Å². The van der Waals surface area contributed by atoms with Crippen molar-refractivity contribution < 1.29 is 10.2 Å². The third-order valence-electron chi connectivity index (χ3n) is 6.99. The van der Waals surface area contributed by atoms with Crippen molar-refractivity contribution in [3.05, 3.63) is 107 Å². The first-order valence-electron chi connectivity index (χ1n) is 12.5. The Morgan fingerprint density at radius 3 is 2.26 bits per heavy atom. The molecule has 0 aromatic heterocycles. The minimum Gasteiger partial charge on any atom is -0.508 e. The molecule has 3 heteroatoms. The van der Waals surface area contributed by atoms with Crippen LogP contribution in [0, 0.1) is 0 Å². The second-order valence-corrected chi connectivity index (χ2v) is 9.38. The first kappa shape index (κ1) is 22.6. The van der Waals surface area contributed by atoms with Gasteiger partial charge in [-0.1, -0.05) is 72.8 Å². The van der Waals surface area contributed by atoms with Gasteiger partial charge in [0.1, 0.15) is 5.75 Å². The highest BCUT2D eigenvalue weighted by Crippen LogP contribution is 2.37. The summed E-state index contributed by atoms with van der Waals surface area (Å²) in [5.74, 6) is 0.258. The molecule has 2 aliphatic rings. The molecule has 2 N–H and O–H groups in total. The van der Waals surface area contributed by atoms with Crippen molar-refractivity contribution in [2.24, 2.45) is 0 Å². The summed E-state index contributed by atoms with van der Waals surface area (Å²) in [7, 11) is 0. The number of nitrogens with zero attached hydrogens (tertiary/aromatic N) is 1. The van der Waals surface area contributed by atoms with Crippen LogP contribution < -0.4 is 0 Å². The highest BCUT2D eigenvalue weighted by atomic mass is 16.3. The quantitative estimate of drug-likeness (QED) is 0.391. The molecule has 0 radical (unpaired) electrons. The highest BCUT2D eigenvalue weighted by Gasteiger charge is 2.29. The van der Waals surface area contributed by atoms with E-state index in [4.69, 9.17) is 0 Å². The Morgan fingerprint density at radius 2 is 1.62 bits per heavy atom. The Bertz CT molecular complexity index is 1170. The number of phenols is 1. The van der Waals surface area contributed by atoms with E-state index in [0.717, 1.165) is 54.2 Å². The summed E-state index contributed by atoms with van der Waals surface area (Å²) in [5.41, 5.74) is 8.29. The topological polar surface area (TPSA) is 43.7 Å². The molecule has 5 rings (SSSR count). The van der Waals surface area contributed by atoms with Crippen LogP contribution >= 0.6 is 0 Å². The molecule has 0 bridgehead atoms. The Morgan fingerprint density at radius 1 is 0.853 bits per heavy atom. The fourth-order valence-electron chi connectivity index (χ4n) is 5.05. The van der Waals surface area contributed by atoms with Gasteiger partial charge in [-0.3, -0.25) is 4.90 Å². The van der Waals surface area contributed by atoms with Gasteiger partial charge in [0.2, 0.25) is 0 Å². The van der Waals surface area contributed by atoms with Gasteiger partial charge in [0.05, 0.1) is 0 Å². The predicted molar refractivity (Wildman–Crippen MR) is 140 cm³/mol. The molecule has 0 spiro atoms. The lowest BCUT2D eigenvalue weighted by molar-refractivity contribution is 0.290. The molecule has 3 aromatic carbocycles. The van der Waals surface area contributed by atoms with E-state index in [-0.39, 0.29) is 12.4 Å². The summed E-state index contributed by atoms with van der Waals surface area (Å²) in [6.45, 7) is 2.37. The van der Waals surface area contributed by atoms with Crippen molar-refractivity contribution in [1.82, 2.24) is 4.90 Å². The normalized spacial score (nSPS) is 17.3. The van der Waals surface area contributed by atoms with Crippen LogP contribution in [0.3, 0.4) is 0 Å². The van der Waals surface area contributed by atoms with Gasteiger partial charge in [0, 0.05) is 25.7 Å². The summed E-state index contributed by atoms with van der Waals surface area (Å²) in [5, 5.41) is 19.8. The Kier molecular flexibility index (Phi) is 6.94. The van der Waals surface area contributed by atoms with Crippen molar-refractivity contribution in [3.63, 3.8) is 0 Å². The van der Waals surface area contributed by atoms with Crippen LogP contribution in [0.5, 0.6) is 5.75 Å². The molecular weight excluding hydrogens is 418 g/mol. The summed E-state index contributed by atoms with van der Waals surface area (Å²) in [6.07, 6.45) is 7.69. The molecule has 1 saturated carbocycles. The largest absolute Gasteiger partial charge is 0.508 e. The zero-order valence-electron chi connectivity index (χ0n) is 19.7. The maximum atomic E-state index is 10.2. The van der Waals surface area contributed by atoms with Crippen molar-refractivity contribution in [3.8, 4) is 5.75 Å². The molecule has 3 nitrogen and oxygen atoms in total. The Labute approximate surface area is 202 Å². The van der Waals surface area contributed by atoms with E-state index in [0.29, 0.717) is 6.42 Å². The zero-order valence-corrected chi connectivity index (χ0v) is 19.7. The molecule has 0 unspecified atom stereocenters. The molecular formula is C31H33NO2.